The summed E-state index contributed by atoms with van der Waals surface area (Å²) in [6.07, 6.45) is 9.31. The van der Waals surface area contributed by atoms with Gasteiger partial charge < -0.3 is 40.2 Å². The number of fused-ring (bicyclic) bond motifs is 2. The summed E-state index contributed by atoms with van der Waals surface area (Å²) in [5, 5.41) is 18.8. The minimum Gasteiger partial charge on any atom is -0.478 e. The van der Waals surface area contributed by atoms with E-state index in [1.165, 1.54) is 86.9 Å². The first-order chi connectivity index (χ1) is 36.1. The van der Waals surface area contributed by atoms with Crippen LogP contribution in [0.25, 0.3) is 42.9 Å². The Hall–Kier alpha value is -9.28. The zero-order valence-electron chi connectivity index (χ0n) is 39.0. The molecule has 0 spiro atoms. The van der Waals surface area contributed by atoms with Gasteiger partial charge in [-0.1, -0.05) is 12.1 Å². The molecule has 0 atom stereocenters. The quantitative estimate of drug-likeness (QED) is 0.0574. The number of halogens is 4. The Morgan fingerprint density at radius 1 is 0.587 bits per heavy atom. The van der Waals surface area contributed by atoms with Gasteiger partial charge in [0, 0.05) is 85.6 Å². The van der Waals surface area contributed by atoms with Crippen LogP contribution in [0.4, 0.5) is 17.6 Å². The van der Waals surface area contributed by atoms with E-state index in [9.17, 15) is 51.4 Å². The van der Waals surface area contributed by atoms with E-state index in [4.69, 9.17) is 0 Å². The van der Waals surface area contributed by atoms with Crippen LogP contribution >= 0.6 is 22.7 Å². The standard InChI is InChI=1S/C27H21F2N5O3S.C26H18F2N4O4S/c1-30-25(35)16-10-19-20(13-32-24(19)31-11-16)23-7-5-17(38-23)12-33-26(36)18-3-2-8-34(27(18)37)14-15-4-6-21(28)22(29)9-15;27-20-5-3-14(8-21(20)28)13-32-7-1-2-17(25(32)34)24(33)31-11-16-4-6-22(37-16)19-12-30-23-18(19)9-15(10-29-23)26(35)36/h2-11,13H,12,14H2,1H3,(H,30,35)(H,31,32)(H,33,36);1-10,12H,11,13H2,(H,29,30)(H,31,33)(H,35,36). The Labute approximate surface area is 429 Å². The van der Waals surface area contributed by atoms with Crippen molar-refractivity contribution in [3.05, 3.63) is 221 Å². The lowest BCUT2D eigenvalue weighted by Crippen LogP contribution is -2.32. The number of hydrogen-bond acceptors (Lipinski definition) is 10. The lowest BCUT2D eigenvalue weighted by molar-refractivity contribution is 0.0695. The molecule has 0 bridgehead atoms. The fourth-order valence-corrected chi connectivity index (χ4v) is 9.85. The summed E-state index contributed by atoms with van der Waals surface area (Å²) < 4.78 is 56.0. The van der Waals surface area contributed by atoms with Crippen molar-refractivity contribution >= 4 is 68.4 Å². The van der Waals surface area contributed by atoms with Gasteiger partial charge in [0.05, 0.1) is 37.3 Å². The molecule has 0 fully saturated rings. The molecule has 0 aliphatic heterocycles. The molecular weight excluding hydrogens is 1010 g/mol. The molecule has 0 saturated heterocycles. The topological polar surface area (TPSA) is 226 Å². The number of nitrogens with zero attached hydrogens (tertiary/aromatic N) is 4. The van der Waals surface area contributed by atoms with Crippen molar-refractivity contribution in [1.29, 1.82) is 0 Å². The maximum atomic E-state index is 13.5. The highest BCUT2D eigenvalue weighted by molar-refractivity contribution is 7.16. The summed E-state index contributed by atoms with van der Waals surface area (Å²) in [5.74, 6) is -6.38. The number of hydrogen-bond donors (Lipinski definition) is 6. The van der Waals surface area contributed by atoms with Crippen LogP contribution < -0.4 is 27.1 Å². The van der Waals surface area contributed by atoms with Crippen LogP contribution in [-0.4, -0.2) is 64.9 Å². The van der Waals surface area contributed by atoms with Gasteiger partial charge in [-0.15, -0.1) is 22.7 Å². The van der Waals surface area contributed by atoms with Crippen molar-refractivity contribution in [3.8, 4) is 20.9 Å². The van der Waals surface area contributed by atoms with E-state index in [2.05, 4.69) is 35.9 Å². The molecule has 0 aliphatic rings. The summed E-state index contributed by atoms with van der Waals surface area (Å²) in [7, 11) is 1.56. The zero-order chi connectivity index (χ0) is 52.9. The van der Waals surface area contributed by atoms with E-state index in [1.54, 1.807) is 31.4 Å². The van der Waals surface area contributed by atoms with Gasteiger partial charge in [-0.25, -0.2) is 32.3 Å². The molecular formula is C53H39F4N9O7S2. The van der Waals surface area contributed by atoms with Crippen LogP contribution in [0.5, 0.6) is 0 Å². The van der Waals surface area contributed by atoms with Gasteiger partial charge in [0.25, 0.3) is 28.8 Å². The van der Waals surface area contributed by atoms with Gasteiger partial charge in [0.15, 0.2) is 23.3 Å². The second-order valence-electron chi connectivity index (χ2n) is 16.6. The SMILES string of the molecule is CNC(=O)c1cnc2[nH]cc(-c3ccc(CNC(=O)c4cccn(Cc5ccc(F)c(F)c5)c4=O)s3)c2c1.O=C(O)c1cnc2[nH]cc(-c3ccc(CNC(=O)c4cccn(Cc5ccc(F)c(F)c5)c4=O)s3)c2c1. The van der Waals surface area contributed by atoms with Gasteiger partial charge >= 0.3 is 5.97 Å². The lowest BCUT2D eigenvalue weighted by Gasteiger charge is -2.09. The minimum atomic E-state index is -1.07. The Kier molecular flexibility index (Phi) is 14.7. The number of thiophene rings is 2. The molecule has 75 heavy (non-hydrogen) atoms. The van der Waals surface area contributed by atoms with E-state index in [-0.39, 0.29) is 48.8 Å². The Morgan fingerprint density at radius 3 is 1.48 bits per heavy atom. The number of aromatic amines is 2. The first kappa shape index (κ1) is 50.7. The number of aromatic carboxylic acids is 1. The second kappa shape index (κ2) is 21.8. The molecule has 6 N–H and O–H groups in total. The molecule has 0 aliphatic carbocycles. The second-order valence-corrected chi connectivity index (χ2v) is 19.0. The third-order valence-electron chi connectivity index (χ3n) is 11.7. The van der Waals surface area contributed by atoms with Crippen molar-refractivity contribution < 1.29 is 41.8 Å². The number of rotatable bonds is 14. The average molecular weight is 1050 g/mol. The van der Waals surface area contributed by atoms with Crippen molar-refractivity contribution in [1.82, 2.24) is 45.0 Å². The van der Waals surface area contributed by atoms with Crippen molar-refractivity contribution in [3.63, 3.8) is 0 Å². The van der Waals surface area contributed by atoms with Crippen LogP contribution in [0.1, 0.15) is 62.3 Å². The van der Waals surface area contributed by atoms with Crippen LogP contribution in [0.3, 0.4) is 0 Å². The highest BCUT2D eigenvalue weighted by atomic mass is 32.1. The summed E-state index contributed by atoms with van der Waals surface area (Å²) >= 11 is 2.87. The molecule has 16 nitrogen and oxygen atoms in total. The van der Waals surface area contributed by atoms with Crippen molar-refractivity contribution in [2.75, 3.05) is 7.05 Å². The predicted octanol–water partition coefficient (Wildman–Crippen LogP) is 8.48. The van der Waals surface area contributed by atoms with Gasteiger partial charge in [-0.3, -0.25) is 24.0 Å². The number of carboxylic acids is 1. The van der Waals surface area contributed by atoms with E-state index in [0.717, 1.165) is 60.3 Å². The van der Waals surface area contributed by atoms with Crippen LogP contribution in [-0.2, 0) is 26.2 Å². The van der Waals surface area contributed by atoms with E-state index >= 15 is 0 Å². The van der Waals surface area contributed by atoms with Crippen LogP contribution in [0, 0.1) is 23.3 Å². The van der Waals surface area contributed by atoms with Crippen LogP contribution in [0.15, 0.2) is 144 Å². The maximum absolute atomic E-state index is 13.5. The number of benzene rings is 2. The first-order valence-corrected chi connectivity index (χ1v) is 24.2. The minimum absolute atomic E-state index is 0.00739. The molecule has 378 valence electrons. The summed E-state index contributed by atoms with van der Waals surface area (Å²) in [4.78, 5) is 92.6. The summed E-state index contributed by atoms with van der Waals surface area (Å²) in [6, 6.07) is 23.5. The highest BCUT2D eigenvalue weighted by Gasteiger charge is 2.18. The number of carbonyl (C=O) groups excluding carboxylic acids is 3. The number of carbonyl (C=O) groups is 4. The summed E-state index contributed by atoms with van der Waals surface area (Å²) in [6.45, 7) is 0.341. The van der Waals surface area contributed by atoms with E-state index in [1.807, 2.05) is 30.5 Å². The molecule has 0 saturated carbocycles. The Bertz CT molecular complexity index is 3970. The van der Waals surface area contributed by atoms with Gasteiger partial charge in [-0.2, -0.15) is 0 Å². The van der Waals surface area contributed by atoms with Gasteiger partial charge in [0.2, 0.25) is 0 Å². The van der Waals surface area contributed by atoms with Crippen LogP contribution in [0.2, 0.25) is 0 Å². The number of carboxylic acid groups (broad SMARTS) is 1. The average Bonchev–Trinajstić information content (AvgIpc) is 4.25. The number of H-pyrrole nitrogens is 2. The molecule has 10 rings (SSSR count). The fourth-order valence-electron chi connectivity index (χ4n) is 7.90. The van der Waals surface area contributed by atoms with Gasteiger partial charge in [-0.05, 0) is 96.1 Å². The molecule has 22 heteroatoms. The van der Waals surface area contributed by atoms with E-state index in [0.29, 0.717) is 33.4 Å². The van der Waals surface area contributed by atoms with Crippen molar-refractivity contribution in [2.24, 2.45) is 0 Å². The monoisotopic (exact) mass is 1050 g/mol. The molecule has 3 amide bonds. The molecule has 8 heterocycles. The van der Waals surface area contributed by atoms with Crippen molar-refractivity contribution in [2.45, 2.75) is 26.2 Å². The Balaban J connectivity index is 0.000000184. The summed E-state index contributed by atoms with van der Waals surface area (Å²) in [5.41, 5.74) is 2.95. The predicted molar refractivity (Wildman–Crippen MR) is 274 cm³/mol. The first-order valence-electron chi connectivity index (χ1n) is 22.5. The number of pyridine rings is 4. The van der Waals surface area contributed by atoms with E-state index < -0.39 is 52.2 Å². The molecule has 2 aromatic carbocycles. The third kappa shape index (κ3) is 11.2. The smallest absolute Gasteiger partial charge is 0.337 e. The fraction of sp³-hybridized carbons (Fsp3) is 0.0943. The lowest BCUT2D eigenvalue weighted by atomic mass is 10.1. The third-order valence-corrected chi connectivity index (χ3v) is 13.9. The number of nitrogens with one attached hydrogen (secondary N) is 5. The maximum Gasteiger partial charge on any atom is 0.337 e. The molecule has 8 aromatic heterocycles. The number of aromatic nitrogens is 6. The Morgan fingerprint density at radius 2 is 1.04 bits per heavy atom. The highest BCUT2D eigenvalue weighted by Crippen LogP contribution is 2.35. The molecule has 0 radical (unpaired) electrons. The largest absolute Gasteiger partial charge is 0.478 e. The molecule has 0 unspecified atom stereocenters. The normalized spacial score (nSPS) is 11.1. The number of amides is 3. The molecule has 10 aromatic rings. The zero-order valence-corrected chi connectivity index (χ0v) is 40.7. The van der Waals surface area contributed by atoms with Gasteiger partial charge in [0.1, 0.15) is 22.4 Å².